The molecule has 0 aliphatic carbocycles. The molecule has 82 valence electrons. The quantitative estimate of drug-likeness (QED) is 0.814. The highest BCUT2D eigenvalue weighted by Crippen LogP contribution is 2.11. The lowest BCUT2D eigenvalue weighted by Gasteiger charge is -2.20. The molecular weight excluding hydrogens is 190 g/mol. The van der Waals surface area contributed by atoms with Crippen LogP contribution in [0.1, 0.15) is 11.1 Å². The predicted octanol–water partition coefficient (Wildman–Crippen LogP) is 1.55. The van der Waals surface area contributed by atoms with Crippen molar-refractivity contribution < 1.29 is 9.90 Å². The van der Waals surface area contributed by atoms with Crippen LogP contribution in [0.5, 0.6) is 0 Å². The number of likely N-dealkylation sites (N-methyl/N-ethyl adjacent to an activating group) is 1. The van der Waals surface area contributed by atoms with Crippen LogP contribution in [-0.2, 0) is 11.2 Å². The Morgan fingerprint density at radius 3 is 2.47 bits per heavy atom. The normalized spacial score (nSPS) is 12.8. The van der Waals surface area contributed by atoms with Crippen molar-refractivity contribution in [2.45, 2.75) is 19.4 Å². The molecule has 0 bridgehead atoms. The van der Waals surface area contributed by atoms with Crippen molar-refractivity contribution in [2.24, 2.45) is 0 Å². The van der Waals surface area contributed by atoms with Gasteiger partial charge in [-0.3, -0.25) is 9.69 Å². The van der Waals surface area contributed by atoms with E-state index >= 15 is 0 Å². The van der Waals surface area contributed by atoms with Crippen molar-refractivity contribution in [3.63, 3.8) is 0 Å². The van der Waals surface area contributed by atoms with E-state index in [9.17, 15) is 4.79 Å². The van der Waals surface area contributed by atoms with Crippen LogP contribution in [0.25, 0.3) is 0 Å². The molecule has 0 fully saturated rings. The van der Waals surface area contributed by atoms with Crippen molar-refractivity contribution in [3.05, 3.63) is 35.4 Å². The van der Waals surface area contributed by atoms with Gasteiger partial charge in [-0.05, 0) is 38.6 Å². The smallest absolute Gasteiger partial charge is 0.321 e. The van der Waals surface area contributed by atoms with E-state index in [1.807, 2.05) is 31.2 Å². The molecule has 1 N–H and O–H groups in total. The van der Waals surface area contributed by atoms with E-state index in [2.05, 4.69) is 0 Å². The van der Waals surface area contributed by atoms with E-state index in [1.165, 1.54) is 0 Å². The second-order valence-corrected chi connectivity index (χ2v) is 3.95. The summed E-state index contributed by atoms with van der Waals surface area (Å²) in [4.78, 5) is 12.7. The zero-order valence-corrected chi connectivity index (χ0v) is 9.40. The first-order valence-corrected chi connectivity index (χ1v) is 4.96. The van der Waals surface area contributed by atoms with Crippen LogP contribution in [0.2, 0.25) is 0 Å². The number of aliphatic carboxylic acids is 1. The van der Waals surface area contributed by atoms with Gasteiger partial charge in [0.25, 0.3) is 0 Å². The third-order valence-corrected chi connectivity index (χ3v) is 2.58. The van der Waals surface area contributed by atoms with Crippen LogP contribution in [0, 0.1) is 6.92 Å². The molecule has 1 rings (SSSR count). The summed E-state index contributed by atoms with van der Waals surface area (Å²) in [6.07, 6.45) is 0.551. The fourth-order valence-corrected chi connectivity index (χ4v) is 1.54. The molecule has 0 aliphatic rings. The minimum absolute atomic E-state index is 0.453. The second kappa shape index (κ2) is 4.94. The summed E-state index contributed by atoms with van der Waals surface area (Å²) in [6.45, 7) is 2.00. The van der Waals surface area contributed by atoms with Crippen molar-refractivity contribution in [2.75, 3.05) is 14.1 Å². The zero-order valence-electron chi connectivity index (χ0n) is 9.40. The number of carbonyl (C=O) groups is 1. The molecule has 0 amide bonds. The number of nitrogens with zero attached hydrogens (tertiary/aromatic N) is 1. The minimum Gasteiger partial charge on any atom is -0.480 e. The third-order valence-electron chi connectivity index (χ3n) is 2.58. The Labute approximate surface area is 90.3 Å². The summed E-state index contributed by atoms with van der Waals surface area (Å²) in [6, 6.07) is 7.44. The van der Waals surface area contributed by atoms with Crippen molar-refractivity contribution in [3.8, 4) is 0 Å². The van der Waals surface area contributed by atoms with E-state index in [1.54, 1.807) is 19.0 Å². The summed E-state index contributed by atoms with van der Waals surface area (Å²) >= 11 is 0. The average molecular weight is 207 g/mol. The van der Waals surface area contributed by atoms with Gasteiger partial charge in [0.05, 0.1) is 0 Å². The largest absolute Gasteiger partial charge is 0.480 e. The Balaban J connectivity index is 2.84. The Morgan fingerprint density at radius 2 is 2.00 bits per heavy atom. The average Bonchev–Trinajstić information content (AvgIpc) is 2.15. The van der Waals surface area contributed by atoms with Crippen LogP contribution in [-0.4, -0.2) is 36.1 Å². The Hall–Kier alpha value is -1.35. The highest BCUT2D eigenvalue weighted by atomic mass is 16.4. The Bertz CT molecular complexity index is 347. The predicted molar refractivity (Wildman–Crippen MR) is 60.0 cm³/mol. The van der Waals surface area contributed by atoms with E-state index in [-0.39, 0.29) is 0 Å². The summed E-state index contributed by atoms with van der Waals surface area (Å²) in [5.41, 5.74) is 2.24. The fraction of sp³-hybridized carbons (Fsp3) is 0.417. The number of rotatable bonds is 4. The molecule has 0 aliphatic heterocycles. The van der Waals surface area contributed by atoms with Crippen LogP contribution in [0.3, 0.4) is 0 Å². The van der Waals surface area contributed by atoms with Crippen molar-refractivity contribution >= 4 is 5.97 Å². The van der Waals surface area contributed by atoms with Crippen molar-refractivity contribution in [1.29, 1.82) is 0 Å². The van der Waals surface area contributed by atoms with Gasteiger partial charge in [-0.15, -0.1) is 0 Å². The molecule has 0 radical (unpaired) electrons. The number of hydrogen-bond donors (Lipinski definition) is 1. The molecule has 1 atom stereocenters. The van der Waals surface area contributed by atoms with Gasteiger partial charge in [0.15, 0.2) is 0 Å². The highest BCUT2D eigenvalue weighted by molar-refractivity contribution is 5.73. The van der Waals surface area contributed by atoms with Gasteiger partial charge < -0.3 is 5.11 Å². The molecule has 3 nitrogen and oxygen atoms in total. The van der Waals surface area contributed by atoms with Gasteiger partial charge in [0.1, 0.15) is 6.04 Å². The lowest BCUT2D eigenvalue weighted by atomic mass is 10.0. The van der Waals surface area contributed by atoms with Gasteiger partial charge in [-0.25, -0.2) is 0 Å². The molecule has 1 unspecified atom stereocenters. The number of carboxylic acid groups (broad SMARTS) is 1. The second-order valence-electron chi connectivity index (χ2n) is 3.95. The summed E-state index contributed by atoms with van der Waals surface area (Å²) in [5, 5.41) is 9.05. The maximum absolute atomic E-state index is 11.0. The van der Waals surface area contributed by atoms with Gasteiger partial charge in [0, 0.05) is 0 Å². The maximum Gasteiger partial charge on any atom is 0.321 e. The molecule has 3 heteroatoms. The van der Waals surface area contributed by atoms with E-state index < -0.39 is 12.0 Å². The molecule has 0 aromatic heterocycles. The monoisotopic (exact) mass is 207 g/mol. The van der Waals surface area contributed by atoms with E-state index in [4.69, 9.17) is 5.11 Å². The summed E-state index contributed by atoms with van der Waals surface area (Å²) < 4.78 is 0. The topological polar surface area (TPSA) is 40.5 Å². The summed E-state index contributed by atoms with van der Waals surface area (Å²) in [7, 11) is 3.58. The molecular formula is C12H17NO2. The van der Waals surface area contributed by atoms with Crippen LogP contribution in [0.4, 0.5) is 0 Å². The lowest BCUT2D eigenvalue weighted by molar-refractivity contribution is -0.142. The molecule has 0 saturated carbocycles. The van der Waals surface area contributed by atoms with Gasteiger partial charge in [-0.2, -0.15) is 0 Å². The van der Waals surface area contributed by atoms with Gasteiger partial charge >= 0.3 is 5.97 Å². The molecule has 1 aromatic rings. The molecule has 0 saturated heterocycles. The number of aryl methyl sites for hydroxylation is 1. The first-order valence-electron chi connectivity index (χ1n) is 4.96. The maximum atomic E-state index is 11.0. The van der Waals surface area contributed by atoms with Crippen molar-refractivity contribution in [1.82, 2.24) is 4.90 Å². The standard InChI is InChI=1S/C12H17NO2/c1-9-6-4-5-7-10(9)8-11(12(14)15)13(2)3/h4-7,11H,8H2,1-3H3,(H,14,15). The molecule has 0 heterocycles. The number of benzene rings is 1. The number of carboxylic acids is 1. The Morgan fingerprint density at radius 1 is 1.40 bits per heavy atom. The lowest BCUT2D eigenvalue weighted by Crippen LogP contribution is -2.37. The first-order chi connectivity index (χ1) is 7.02. The van der Waals surface area contributed by atoms with Gasteiger partial charge in [-0.1, -0.05) is 24.3 Å². The fourth-order valence-electron chi connectivity index (χ4n) is 1.54. The molecule has 0 spiro atoms. The third kappa shape index (κ3) is 3.06. The summed E-state index contributed by atoms with van der Waals surface area (Å²) in [5.74, 6) is -0.775. The Kier molecular flexibility index (Phi) is 3.86. The van der Waals surface area contributed by atoms with Crippen LogP contribution >= 0.6 is 0 Å². The zero-order chi connectivity index (χ0) is 11.4. The van der Waals surface area contributed by atoms with Gasteiger partial charge in [0.2, 0.25) is 0 Å². The highest BCUT2D eigenvalue weighted by Gasteiger charge is 2.20. The van der Waals surface area contributed by atoms with E-state index in [0.717, 1.165) is 11.1 Å². The first kappa shape index (κ1) is 11.7. The van der Waals surface area contributed by atoms with E-state index in [0.29, 0.717) is 6.42 Å². The SMILES string of the molecule is Cc1ccccc1CC(C(=O)O)N(C)C. The molecule has 15 heavy (non-hydrogen) atoms. The van der Waals surface area contributed by atoms with Crippen LogP contribution in [0.15, 0.2) is 24.3 Å². The minimum atomic E-state index is -0.775. The molecule has 1 aromatic carbocycles. The number of hydrogen-bond acceptors (Lipinski definition) is 2. The van der Waals surface area contributed by atoms with Crippen LogP contribution < -0.4 is 0 Å².